The second-order valence-electron chi connectivity index (χ2n) is 4.41. The molecule has 0 aromatic heterocycles. The van der Waals surface area contributed by atoms with Gasteiger partial charge in [-0.05, 0) is 19.9 Å². The molecule has 1 atom stereocenters. The van der Waals surface area contributed by atoms with E-state index in [1.165, 1.54) is 13.2 Å². The van der Waals surface area contributed by atoms with Crippen LogP contribution in [0.2, 0.25) is 0 Å². The van der Waals surface area contributed by atoms with Crippen LogP contribution in [0.3, 0.4) is 0 Å². The van der Waals surface area contributed by atoms with Gasteiger partial charge in [0.2, 0.25) is 0 Å². The number of hydrogen-bond donors (Lipinski definition) is 3. The maximum absolute atomic E-state index is 11.6. The lowest BCUT2D eigenvalue weighted by Crippen LogP contribution is -2.37. The van der Waals surface area contributed by atoms with Crippen molar-refractivity contribution < 1.29 is 19.7 Å². The van der Waals surface area contributed by atoms with Crippen LogP contribution in [0.4, 0.5) is 0 Å². The highest BCUT2D eigenvalue weighted by Gasteiger charge is 2.38. The number of nitrogens with two attached hydrogens (primary N) is 1. The van der Waals surface area contributed by atoms with Gasteiger partial charge in [0.25, 0.3) is 0 Å². The Hall–Kier alpha value is -1.75. The molecule has 0 heterocycles. The van der Waals surface area contributed by atoms with Crippen molar-refractivity contribution in [1.29, 1.82) is 0 Å². The van der Waals surface area contributed by atoms with Crippen LogP contribution < -0.4 is 5.73 Å². The van der Waals surface area contributed by atoms with Crippen molar-refractivity contribution in [3.05, 3.63) is 23.8 Å². The molecule has 0 fully saturated rings. The first-order valence-electron chi connectivity index (χ1n) is 5.17. The van der Waals surface area contributed by atoms with Crippen molar-refractivity contribution in [2.24, 2.45) is 11.1 Å². The van der Waals surface area contributed by atoms with Crippen LogP contribution in [0.5, 0.6) is 11.5 Å². The molecule has 0 spiro atoms. The highest BCUT2D eigenvalue weighted by Crippen LogP contribution is 2.39. The Bertz CT molecular complexity index is 429. The Balaban J connectivity index is 3.16. The first-order valence-corrected chi connectivity index (χ1v) is 5.17. The molecule has 0 saturated carbocycles. The summed E-state index contributed by atoms with van der Waals surface area (Å²) in [6.45, 7) is 3.24. The molecule has 0 saturated heterocycles. The zero-order valence-electron chi connectivity index (χ0n) is 10.1. The molecular formula is C12H17NO4. The third-order valence-corrected chi connectivity index (χ3v) is 2.87. The lowest BCUT2D eigenvalue weighted by atomic mass is 9.80. The predicted octanol–water partition coefficient (Wildman–Crippen LogP) is 1.30. The molecule has 0 bridgehead atoms. The van der Waals surface area contributed by atoms with Crippen LogP contribution in [0.15, 0.2) is 18.2 Å². The first kappa shape index (κ1) is 13.3. The fourth-order valence-electron chi connectivity index (χ4n) is 1.58. The molecule has 4 N–H and O–H groups in total. The summed E-state index contributed by atoms with van der Waals surface area (Å²) in [6.07, 6.45) is 0. The molecule has 5 heteroatoms. The van der Waals surface area contributed by atoms with Crippen LogP contribution >= 0.6 is 0 Å². The van der Waals surface area contributed by atoms with Crippen LogP contribution in [-0.2, 0) is 9.53 Å². The number of carbonyl (C=O) groups excluding carboxylic acids is 1. The zero-order valence-corrected chi connectivity index (χ0v) is 10.1. The average molecular weight is 239 g/mol. The topological polar surface area (TPSA) is 92.8 Å². The Morgan fingerprint density at radius 3 is 2.53 bits per heavy atom. The second kappa shape index (κ2) is 4.63. The van der Waals surface area contributed by atoms with Gasteiger partial charge in [0.15, 0.2) is 11.5 Å². The molecule has 0 radical (unpaired) electrons. The standard InChI is InChI=1S/C12H17NO4/c1-12(2,11(16)17-3)10(13)7-5-4-6-8(14)9(7)15/h4-6,10,14-15H,13H2,1-3H3/t10-/m0/s1. The summed E-state index contributed by atoms with van der Waals surface area (Å²) in [5.41, 5.74) is 5.25. The van der Waals surface area contributed by atoms with Gasteiger partial charge in [-0.15, -0.1) is 0 Å². The Kier molecular flexibility index (Phi) is 3.63. The number of carbonyl (C=O) groups is 1. The third-order valence-electron chi connectivity index (χ3n) is 2.87. The molecule has 1 aromatic carbocycles. The maximum atomic E-state index is 11.6. The predicted molar refractivity (Wildman–Crippen MR) is 62.5 cm³/mol. The summed E-state index contributed by atoms with van der Waals surface area (Å²) >= 11 is 0. The van der Waals surface area contributed by atoms with Gasteiger partial charge in [-0.1, -0.05) is 12.1 Å². The number of esters is 1. The summed E-state index contributed by atoms with van der Waals surface area (Å²) < 4.78 is 4.66. The summed E-state index contributed by atoms with van der Waals surface area (Å²) in [5.74, 6) is -1.05. The quantitative estimate of drug-likeness (QED) is 0.546. The number of phenolic OH excluding ortho intramolecular Hbond substituents is 2. The second-order valence-corrected chi connectivity index (χ2v) is 4.41. The summed E-state index contributed by atoms with van der Waals surface area (Å²) in [6, 6.07) is 3.68. The Labute approximate surface area is 99.8 Å². The van der Waals surface area contributed by atoms with Crippen LogP contribution in [0.1, 0.15) is 25.5 Å². The lowest BCUT2D eigenvalue weighted by molar-refractivity contribution is -0.152. The molecule has 0 amide bonds. The van der Waals surface area contributed by atoms with E-state index in [4.69, 9.17) is 5.73 Å². The van der Waals surface area contributed by atoms with Crippen molar-refractivity contribution in [1.82, 2.24) is 0 Å². The van der Waals surface area contributed by atoms with Crippen molar-refractivity contribution in [3.8, 4) is 11.5 Å². The van der Waals surface area contributed by atoms with Crippen molar-refractivity contribution in [2.75, 3.05) is 7.11 Å². The van der Waals surface area contributed by atoms with Crippen LogP contribution in [-0.4, -0.2) is 23.3 Å². The van der Waals surface area contributed by atoms with Gasteiger partial charge in [-0.2, -0.15) is 0 Å². The van der Waals surface area contributed by atoms with E-state index in [2.05, 4.69) is 4.74 Å². The average Bonchev–Trinajstić information content (AvgIpc) is 2.30. The Morgan fingerprint density at radius 1 is 1.41 bits per heavy atom. The fourth-order valence-corrected chi connectivity index (χ4v) is 1.58. The minimum atomic E-state index is -1.000. The number of ether oxygens (including phenoxy) is 1. The van der Waals surface area contributed by atoms with Gasteiger partial charge in [-0.3, -0.25) is 4.79 Å². The molecule has 5 nitrogen and oxygen atoms in total. The van der Waals surface area contributed by atoms with E-state index in [1.54, 1.807) is 26.0 Å². The number of phenols is 2. The molecule has 94 valence electrons. The number of benzene rings is 1. The van der Waals surface area contributed by atoms with E-state index in [1.807, 2.05) is 0 Å². The van der Waals surface area contributed by atoms with E-state index in [9.17, 15) is 15.0 Å². The number of para-hydroxylation sites is 1. The molecule has 0 aliphatic heterocycles. The number of aromatic hydroxyl groups is 2. The van der Waals surface area contributed by atoms with E-state index in [0.717, 1.165) is 0 Å². The zero-order chi connectivity index (χ0) is 13.2. The minimum Gasteiger partial charge on any atom is -0.504 e. The summed E-state index contributed by atoms with van der Waals surface area (Å²) in [5, 5.41) is 19.1. The van der Waals surface area contributed by atoms with Crippen LogP contribution in [0, 0.1) is 5.41 Å². The van der Waals surface area contributed by atoms with E-state index < -0.39 is 17.4 Å². The smallest absolute Gasteiger partial charge is 0.313 e. The first-order chi connectivity index (χ1) is 7.82. The molecule has 17 heavy (non-hydrogen) atoms. The minimum absolute atomic E-state index is 0.265. The van der Waals surface area contributed by atoms with Gasteiger partial charge < -0.3 is 20.7 Å². The van der Waals surface area contributed by atoms with Gasteiger partial charge in [0.05, 0.1) is 12.5 Å². The molecule has 0 aliphatic carbocycles. The molecule has 1 rings (SSSR count). The van der Waals surface area contributed by atoms with Crippen LogP contribution in [0.25, 0.3) is 0 Å². The molecule has 0 unspecified atom stereocenters. The maximum Gasteiger partial charge on any atom is 0.313 e. The molecule has 1 aromatic rings. The third kappa shape index (κ3) is 2.34. The molecule has 0 aliphatic rings. The van der Waals surface area contributed by atoms with E-state index in [0.29, 0.717) is 5.56 Å². The van der Waals surface area contributed by atoms with Gasteiger partial charge in [0.1, 0.15) is 0 Å². The van der Waals surface area contributed by atoms with Gasteiger partial charge in [-0.25, -0.2) is 0 Å². The number of methoxy groups -OCH3 is 1. The normalized spacial score (nSPS) is 13.2. The van der Waals surface area contributed by atoms with Gasteiger partial charge >= 0.3 is 5.97 Å². The fraction of sp³-hybridized carbons (Fsp3) is 0.417. The van der Waals surface area contributed by atoms with Crippen molar-refractivity contribution in [3.63, 3.8) is 0 Å². The largest absolute Gasteiger partial charge is 0.504 e. The number of rotatable bonds is 3. The number of hydrogen-bond acceptors (Lipinski definition) is 5. The van der Waals surface area contributed by atoms with Crippen molar-refractivity contribution in [2.45, 2.75) is 19.9 Å². The summed E-state index contributed by atoms with van der Waals surface area (Å²) in [7, 11) is 1.28. The SMILES string of the molecule is COC(=O)C(C)(C)[C@@H](N)c1cccc(O)c1O. The van der Waals surface area contributed by atoms with Crippen molar-refractivity contribution >= 4 is 5.97 Å². The van der Waals surface area contributed by atoms with E-state index in [-0.39, 0.29) is 11.5 Å². The monoisotopic (exact) mass is 239 g/mol. The van der Waals surface area contributed by atoms with E-state index >= 15 is 0 Å². The lowest BCUT2D eigenvalue weighted by Gasteiger charge is -2.29. The highest BCUT2D eigenvalue weighted by atomic mass is 16.5. The highest BCUT2D eigenvalue weighted by molar-refractivity contribution is 5.77. The Morgan fingerprint density at radius 2 is 2.00 bits per heavy atom. The summed E-state index contributed by atoms with van der Waals surface area (Å²) in [4.78, 5) is 11.6. The molecular weight excluding hydrogens is 222 g/mol. The van der Waals surface area contributed by atoms with Gasteiger partial charge in [0, 0.05) is 11.6 Å².